The van der Waals surface area contributed by atoms with Crippen molar-refractivity contribution in [2.45, 2.75) is 39.5 Å². The van der Waals surface area contributed by atoms with Crippen molar-refractivity contribution < 1.29 is 9.53 Å². The number of carbonyl (C=O) groups is 1. The Morgan fingerprint density at radius 1 is 1.43 bits per heavy atom. The third kappa shape index (κ3) is 3.92. The fourth-order valence-electron chi connectivity index (χ4n) is 1.02. The van der Waals surface area contributed by atoms with Crippen LogP contribution >= 0.6 is 0 Å². The molecule has 0 N–H and O–H groups in total. The van der Waals surface area contributed by atoms with Crippen molar-refractivity contribution in [3.8, 4) is 0 Å². The second-order valence-corrected chi connectivity index (χ2v) is 6.86. The van der Waals surface area contributed by atoms with E-state index >= 15 is 0 Å². The lowest BCUT2D eigenvalue weighted by Crippen LogP contribution is -2.25. The minimum Gasteiger partial charge on any atom is -0.455 e. The quantitative estimate of drug-likeness (QED) is 0.397. The lowest BCUT2D eigenvalue weighted by atomic mass is 10.2. The van der Waals surface area contributed by atoms with Gasteiger partial charge in [-0.25, -0.2) is 4.79 Å². The maximum atomic E-state index is 11.3. The molecule has 1 unspecified atom stereocenters. The van der Waals surface area contributed by atoms with Crippen LogP contribution in [-0.2, 0) is 9.53 Å². The maximum absolute atomic E-state index is 11.3. The minimum absolute atomic E-state index is 0.120. The van der Waals surface area contributed by atoms with Crippen LogP contribution in [0, 0.1) is 0 Å². The van der Waals surface area contributed by atoms with Crippen molar-refractivity contribution >= 4 is 14.8 Å². The van der Waals surface area contributed by atoms with E-state index < -0.39 is 8.80 Å². The predicted octanol–water partition coefficient (Wildman–Crippen LogP) is 2.47. The molecule has 0 aromatic heterocycles. The molecule has 0 aliphatic carbocycles. The SMILES string of the molecule is C=C(C)C(=O)OC(CC)C(=C)[SiH](C)C. The molecule has 0 bridgehead atoms. The van der Waals surface area contributed by atoms with Gasteiger partial charge in [-0.2, -0.15) is 0 Å². The van der Waals surface area contributed by atoms with Gasteiger partial charge in [-0.05, 0) is 13.3 Å². The molecule has 0 aromatic carbocycles. The van der Waals surface area contributed by atoms with Crippen LogP contribution in [0.1, 0.15) is 20.3 Å². The topological polar surface area (TPSA) is 26.3 Å². The number of rotatable bonds is 5. The Kier molecular flexibility index (Phi) is 5.46. The van der Waals surface area contributed by atoms with Crippen LogP contribution in [-0.4, -0.2) is 20.9 Å². The molecular weight excluding hydrogens is 192 g/mol. The van der Waals surface area contributed by atoms with E-state index in [0.29, 0.717) is 5.57 Å². The predicted molar refractivity (Wildman–Crippen MR) is 63.0 cm³/mol. The molecule has 3 heteroatoms. The van der Waals surface area contributed by atoms with E-state index in [-0.39, 0.29) is 12.1 Å². The minimum atomic E-state index is -0.932. The summed E-state index contributed by atoms with van der Waals surface area (Å²) in [5.74, 6) is -0.312. The molecule has 0 saturated heterocycles. The third-order valence-corrected chi connectivity index (χ3v) is 3.98. The van der Waals surface area contributed by atoms with Gasteiger partial charge >= 0.3 is 5.97 Å². The van der Waals surface area contributed by atoms with Crippen LogP contribution in [0.15, 0.2) is 23.9 Å². The first-order chi connectivity index (χ1) is 6.40. The van der Waals surface area contributed by atoms with Gasteiger partial charge in [0.2, 0.25) is 0 Å². The van der Waals surface area contributed by atoms with Gasteiger partial charge in [0.15, 0.2) is 0 Å². The van der Waals surface area contributed by atoms with E-state index in [0.717, 1.165) is 11.6 Å². The van der Waals surface area contributed by atoms with Gasteiger partial charge in [0, 0.05) is 5.57 Å². The van der Waals surface area contributed by atoms with Crippen molar-refractivity contribution in [3.63, 3.8) is 0 Å². The van der Waals surface area contributed by atoms with Crippen LogP contribution < -0.4 is 0 Å². The van der Waals surface area contributed by atoms with Crippen LogP contribution in [0.3, 0.4) is 0 Å². The average Bonchev–Trinajstić information content (AvgIpc) is 2.12. The molecule has 0 heterocycles. The van der Waals surface area contributed by atoms with E-state index in [1.807, 2.05) is 6.92 Å². The molecule has 0 spiro atoms. The standard InChI is InChI=1S/C11H20O2Si/c1-7-10(9(4)14(5)6)13-11(12)8(2)3/h10,14H,2,4,7H2,1,3,5-6H3. The Balaban J connectivity index is 4.37. The first-order valence-corrected chi connectivity index (χ1v) is 7.84. The Labute approximate surface area is 88.3 Å². The van der Waals surface area contributed by atoms with Crippen molar-refractivity contribution in [1.29, 1.82) is 0 Å². The van der Waals surface area contributed by atoms with Crippen LogP contribution in [0.25, 0.3) is 0 Å². The Morgan fingerprint density at radius 3 is 2.21 bits per heavy atom. The summed E-state index contributed by atoms with van der Waals surface area (Å²) in [5, 5.41) is 1.10. The zero-order chi connectivity index (χ0) is 11.3. The fraction of sp³-hybridized carbons (Fsp3) is 0.545. The van der Waals surface area contributed by atoms with E-state index in [9.17, 15) is 4.79 Å². The lowest BCUT2D eigenvalue weighted by molar-refractivity contribution is -0.142. The van der Waals surface area contributed by atoms with Crippen molar-refractivity contribution in [1.82, 2.24) is 0 Å². The number of ether oxygens (including phenoxy) is 1. The highest BCUT2D eigenvalue weighted by Gasteiger charge is 2.18. The van der Waals surface area contributed by atoms with E-state index in [1.165, 1.54) is 0 Å². The number of esters is 1. The second kappa shape index (κ2) is 5.80. The number of hydrogen-bond acceptors (Lipinski definition) is 2. The van der Waals surface area contributed by atoms with Gasteiger partial charge in [0.25, 0.3) is 0 Å². The van der Waals surface area contributed by atoms with Crippen molar-refractivity contribution in [2.75, 3.05) is 0 Å². The molecule has 14 heavy (non-hydrogen) atoms. The molecular formula is C11H20O2Si. The van der Waals surface area contributed by atoms with E-state index in [4.69, 9.17) is 4.74 Å². The lowest BCUT2D eigenvalue weighted by Gasteiger charge is -2.20. The van der Waals surface area contributed by atoms with Gasteiger partial charge in [0.05, 0.1) is 8.80 Å². The summed E-state index contributed by atoms with van der Waals surface area (Å²) < 4.78 is 5.28. The van der Waals surface area contributed by atoms with Gasteiger partial charge in [-0.3, -0.25) is 0 Å². The largest absolute Gasteiger partial charge is 0.455 e. The van der Waals surface area contributed by atoms with Crippen LogP contribution in [0.5, 0.6) is 0 Å². The summed E-state index contributed by atoms with van der Waals surface area (Å²) in [4.78, 5) is 11.3. The van der Waals surface area contributed by atoms with E-state index in [2.05, 4.69) is 26.3 Å². The van der Waals surface area contributed by atoms with Crippen LogP contribution in [0.4, 0.5) is 0 Å². The second-order valence-electron chi connectivity index (χ2n) is 3.81. The van der Waals surface area contributed by atoms with Gasteiger partial charge in [-0.1, -0.05) is 31.8 Å². The number of hydrogen-bond donors (Lipinski definition) is 0. The Morgan fingerprint density at radius 2 is 1.93 bits per heavy atom. The normalized spacial score (nSPS) is 12.4. The first-order valence-electron chi connectivity index (χ1n) is 4.95. The molecule has 0 aliphatic heterocycles. The molecule has 0 amide bonds. The molecule has 1 atom stereocenters. The first kappa shape index (κ1) is 13.2. The zero-order valence-electron chi connectivity index (χ0n) is 9.59. The summed E-state index contributed by atoms with van der Waals surface area (Å²) >= 11 is 0. The summed E-state index contributed by atoms with van der Waals surface area (Å²) in [7, 11) is -0.932. The maximum Gasteiger partial charge on any atom is 0.333 e. The molecule has 80 valence electrons. The monoisotopic (exact) mass is 212 g/mol. The summed E-state index contributed by atoms with van der Waals surface area (Å²) in [5.41, 5.74) is 0.446. The molecule has 0 fully saturated rings. The third-order valence-electron chi connectivity index (χ3n) is 2.12. The molecule has 0 saturated carbocycles. The Bertz CT molecular complexity index is 244. The summed E-state index contributed by atoms with van der Waals surface area (Å²) in [6.45, 7) is 15.6. The highest BCUT2D eigenvalue weighted by Crippen LogP contribution is 2.13. The van der Waals surface area contributed by atoms with E-state index in [1.54, 1.807) is 6.92 Å². The molecule has 0 aliphatic rings. The summed E-state index contributed by atoms with van der Waals surface area (Å²) in [6, 6.07) is 0. The summed E-state index contributed by atoms with van der Waals surface area (Å²) in [6.07, 6.45) is 0.675. The molecule has 0 rings (SSSR count). The fourth-order valence-corrected chi connectivity index (χ4v) is 2.07. The molecule has 0 aromatic rings. The smallest absolute Gasteiger partial charge is 0.333 e. The Hall–Kier alpha value is -0.833. The van der Waals surface area contributed by atoms with Gasteiger partial charge < -0.3 is 4.74 Å². The molecule has 2 nitrogen and oxygen atoms in total. The highest BCUT2D eigenvalue weighted by molar-refractivity contribution is 6.64. The molecule has 0 radical (unpaired) electrons. The van der Waals surface area contributed by atoms with Gasteiger partial charge in [-0.15, -0.1) is 6.58 Å². The number of carbonyl (C=O) groups excluding carboxylic acids is 1. The van der Waals surface area contributed by atoms with Crippen molar-refractivity contribution in [3.05, 3.63) is 23.9 Å². The highest BCUT2D eigenvalue weighted by atomic mass is 28.3. The van der Waals surface area contributed by atoms with Crippen molar-refractivity contribution in [2.24, 2.45) is 0 Å². The zero-order valence-corrected chi connectivity index (χ0v) is 10.7. The van der Waals surface area contributed by atoms with Crippen LogP contribution in [0.2, 0.25) is 13.1 Å². The van der Waals surface area contributed by atoms with Gasteiger partial charge in [0.1, 0.15) is 6.10 Å². The average molecular weight is 212 g/mol.